The Kier molecular flexibility index (Phi) is 5.53. The molecule has 2 heterocycles. The molecule has 1 saturated carbocycles. The largest absolute Gasteiger partial charge is 0.390 e. The van der Waals surface area contributed by atoms with Crippen LogP contribution < -0.4 is 0 Å². The molecule has 0 radical (unpaired) electrons. The summed E-state index contributed by atoms with van der Waals surface area (Å²) in [6, 6.07) is 12.1. The van der Waals surface area contributed by atoms with Crippen molar-refractivity contribution in [1.82, 2.24) is 14.8 Å². The van der Waals surface area contributed by atoms with E-state index in [4.69, 9.17) is 0 Å². The molecule has 0 aliphatic heterocycles. The molecule has 1 N–H and O–H groups in total. The first-order valence-corrected chi connectivity index (χ1v) is 10.2. The summed E-state index contributed by atoms with van der Waals surface area (Å²) >= 11 is 0. The topological polar surface area (TPSA) is 68.0 Å². The molecule has 0 spiro atoms. The van der Waals surface area contributed by atoms with Gasteiger partial charge in [0, 0.05) is 30.5 Å². The highest BCUT2D eigenvalue weighted by Gasteiger charge is 2.21. The first-order chi connectivity index (χ1) is 13.6. The summed E-state index contributed by atoms with van der Waals surface area (Å²) in [5.41, 5.74) is 3.41. The van der Waals surface area contributed by atoms with Gasteiger partial charge < -0.3 is 5.11 Å². The minimum absolute atomic E-state index is 0.144. The van der Waals surface area contributed by atoms with Gasteiger partial charge in [0.2, 0.25) is 0 Å². The Morgan fingerprint density at radius 1 is 1.29 bits per heavy atom. The van der Waals surface area contributed by atoms with E-state index in [1.807, 2.05) is 35.1 Å². The predicted octanol–water partition coefficient (Wildman–Crippen LogP) is 4.03. The number of aromatic nitrogens is 3. The van der Waals surface area contributed by atoms with Crippen molar-refractivity contribution < 1.29 is 9.90 Å². The Bertz CT molecular complexity index is 961. The van der Waals surface area contributed by atoms with E-state index < -0.39 is 0 Å². The molecule has 3 aromatic rings. The lowest BCUT2D eigenvalue weighted by Gasteiger charge is -2.25. The third kappa shape index (κ3) is 3.99. The van der Waals surface area contributed by atoms with E-state index in [1.165, 1.54) is 24.8 Å². The van der Waals surface area contributed by atoms with Gasteiger partial charge in [-0.1, -0.05) is 43.7 Å². The maximum Gasteiger partial charge on any atom is 0.139 e. The zero-order valence-electron chi connectivity index (χ0n) is 16.3. The van der Waals surface area contributed by atoms with Crippen molar-refractivity contribution in [1.29, 1.82) is 0 Å². The third-order valence-corrected chi connectivity index (χ3v) is 5.83. The SMILES string of the molecule is C[C@@H](CC(=O)Cc1cc2cnn(CC3CCC3)c2c(CO)n1)c1ccccc1. The van der Waals surface area contributed by atoms with E-state index in [0.29, 0.717) is 23.7 Å². The van der Waals surface area contributed by atoms with Crippen molar-refractivity contribution in [3.8, 4) is 0 Å². The van der Waals surface area contributed by atoms with Gasteiger partial charge >= 0.3 is 0 Å². The van der Waals surface area contributed by atoms with Crippen molar-refractivity contribution in [3.63, 3.8) is 0 Å². The second-order valence-electron chi connectivity index (χ2n) is 8.01. The molecule has 1 fully saturated rings. The van der Waals surface area contributed by atoms with Crippen LogP contribution >= 0.6 is 0 Å². The summed E-state index contributed by atoms with van der Waals surface area (Å²) in [6.45, 7) is 2.81. The summed E-state index contributed by atoms with van der Waals surface area (Å²) in [4.78, 5) is 17.2. The monoisotopic (exact) mass is 377 g/mol. The van der Waals surface area contributed by atoms with Crippen LogP contribution in [0.15, 0.2) is 42.6 Å². The summed E-state index contributed by atoms with van der Waals surface area (Å²) in [5.74, 6) is 1.02. The molecule has 1 aliphatic rings. The molecule has 1 aliphatic carbocycles. The molecular weight excluding hydrogens is 350 g/mol. The molecule has 2 aromatic heterocycles. The highest BCUT2D eigenvalue weighted by atomic mass is 16.3. The Morgan fingerprint density at radius 2 is 2.07 bits per heavy atom. The van der Waals surface area contributed by atoms with Crippen LogP contribution in [0.4, 0.5) is 0 Å². The molecule has 1 atom stereocenters. The van der Waals surface area contributed by atoms with Crippen LogP contribution in [-0.4, -0.2) is 25.7 Å². The van der Waals surface area contributed by atoms with Crippen molar-refractivity contribution >= 4 is 16.7 Å². The Morgan fingerprint density at radius 3 is 2.75 bits per heavy atom. The Balaban J connectivity index is 1.50. The number of hydrogen-bond donors (Lipinski definition) is 1. The van der Waals surface area contributed by atoms with Crippen molar-refractivity contribution in [2.45, 2.75) is 58.1 Å². The number of ketones is 1. The van der Waals surface area contributed by atoms with Crippen molar-refractivity contribution in [2.75, 3.05) is 0 Å². The maximum absolute atomic E-state index is 12.6. The van der Waals surface area contributed by atoms with E-state index in [2.05, 4.69) is 29.1 Å². The standard InChI is InChI=1S/C23H27N3O2/c1-16(18-8-3-2-4-9-18)10-21(28)12-20-11-19-13-24-26(14-17-6-5-7-17)23(19)22(15-27)25-20/h2-4,8-9,11,13,16-17,27H,5-7,10,12,14-15H2,1H3/t16-/m0/s1. The van der Waals surface area contributed by atoms with Gasteiger partial charge in [-0.15, -0.1) is 0 Å². The molecule has 0 unspecified atom stereocenters. The van der Waals surface area contributed by atoms with Crippen LogP contribution in [0.2, 0.25) is 0 Å². The van der Waals surface area contributed by atoms with E-state index >= 15 is 0 Å². The minimum atomic E-state index is -0.144. The number of benzene rings is 1. The highest BCUT2D eigenvalue weighted by molar-refractivity contribution is 5.85. The molecule has 4 rings (SSSR count). The summed E-state index contributed by atoms with van der Waals surface area (Å²) in [6.07, 6.45) is 6.38. The van der Waals surface area contributed by atoms with E-state index in [1.54, 1.807) is 0 Å². The average Bonchev–Trinajstić information content (AvgIpc) is 3.07. The normalized spacial score (nSPS) is 15.5. The van der Waals surface area contributed by atoms with Gasteiger partial charge in [-0.05, 0) is 36.3 Å². The first kappa shape index (κ1) is 18.8. The number of pyridine rings is 1. The quantitative estimate of drug-likeness (QED) is 0.643. The number of carbonyl (C=O) groups excluding carboxylic acids is 1. The lowest BCUT2D eigenvalue weighted by Crippen LogP contribution is -2.19. The van der Waals surface area contributed by atoms with Gasteiger partial charge in [0.25, 0.3) is 0 Å². The lowest BCUT2D eigenvalue weighted by atomic mass is 9.85. The number of fused-ring (bicyclic) bond motifs is 1. The summed E-state index contributed by atoms with van der Waals surface area (Å²) < 4.78 is 1.97. The van der Waals surface area contributed by atoms with Gasteiger partial charge in [0.1, 0.15) is 5.78 Å². The maximum atomic E-state index is 12.6. The highest BCUT2D eigenvalue weighted by Crippen LogP contribution is 2.29. The van der Waals surface area contributed by atoms with Gasteiger partial charge in [-0.3, -0.25) is 14.5 Å². The van der Waals surface area contributed by atoms with Crippen molar-refractivity contribution in [3.05, 3.63) is 59.5 Å². The molecular formula is C23H27N3O2. The number of nitrogens with zero attached hydrogens (tertiary/aromatic N) is 3. The summed E-state index contributed by atoms with van der Waals surface area (Å²) in [5, 5.41) is 15.3. The first-order valence-electron chi connectivity index (χ1n) is 10.2. The number of rotatable bonds is 8. The predicted molar refractivity (Wildman–Crippen MR) is 109 cm³/mol. The summed E-state index contributed by atoms with van der Waals surface area (Å²) in [7, 11) is 0. The fourth-order valence-corrected chi connectivity index (χ4v) is 4.03. The number of hydrogen-bond acceptors (Lipinski definition) is 4. The number of carbonyl (C=O) groups is 1. The van der Waals surface area contributed by atoms with E-state index in [-0.39, 0.29) is 24.7 Å². The molecule has 5 nitrogen and oxygen atoms in total. The second kappa shape index (κ2) is 8.23. The molecule has 1 aromatic carbocycles. The molecule has 0 amide bonds. The number of Topliss-reactive ketones (excluding diaryl/α,β-unsaturated/α-hetero) is 1. The average molecular weight is 377 g/mol. The van der Waals surface area contributed by atoms with E-state index in [0.717, 1.165) is 17.4 Å². The van der Waals surface area contributed by atoms with Crippen molar-refractivity contribution in [2.24, 2.45) is 5.92 Å². The van der Waals surface area contributed by atoms with E-state index in [9.17, 15) is 9.90 Å². The zero-order chi connectivity index (χ0) is 19.5. The van der Waals surface area contributed by atoms with Crippen LogP contribution in [-0.2, 0) is 24.4 Å². The molecule has 28 heavy (non-hydrogen) atoms. The fraction of sp³-hybridized carbons (Fsp3) is 0.435. The minimum Gasteiger partial charge on any atom is -0.390 e. The molecule has 146 valence electrons. The number of aliphatic hydroxyl groups is 1. The third-order valence-electron chi connectivity index (χ3n) is 5.83. The van der Waals surface area contributed by atoms with Gasteiger partial charge in [-0.25, -0.2) is 0 Å². The van der Waals surface area contributed by atoms with Gasteiger partial charge in [-0.2, -0.15) is 5.10 Å². The zero-order valence-corrected chi connectivity index (χ0v) is 16.3. The van der Waals surface area contributed by atoms with Crippen LogP contribution in [0.25, 0.3) is 10.9 Å². The van der Waals surface area contributed by atoms with Crippen LogP contribution in [0.3, 0.4) is 0 Å². The molecule has 0 bridgehead atoms. The number of aliphatic hydroxyl groups excluding tert-OH is 1. The van der Waals surface area contributed by atoms with Crippen LogP contribution in [0.5, 0.6) is 0 Å². The second-order valence-corrected chi connectivity index (χ2v) is 8.01. The molecule has 0 saturated heterocycles. The Labute approximate surface area is 165 Å². The Hall–Kier alpha value is -2.53. The lowest BCUT2D eigenvalue weighted by molar-refractivity contribution is -0.118. The van der Waals surface area contributed by atoms with Crippen LogP contribution in [0, 0.1) is 5.92 Å². The van der Waals surface area contributed by atoms with Crippen LogP contribution in [0.1, 0.15) is 55.5 Å². The fourth-order valence-electron chi connectivity index (χ4n) is 4.03. The van der Waals surface area contributed by atoms with Gasteiger partial charge in [0.05, 0.1) is 24.0 Å². The van der Waals surface area contributed by atoms with Gasteiger partial charge in [0.15, 0.2) is 0 Å². The molecule has 5 heteroatoms. The smallest absolute Gasteiger partial charge is 0.139 e.